The Labute approximate surface area is 142 Å². The maximum absolute atomic E-state index is 11.1. The van der Waals surface area contributed by atoms with Crippen LogP contribution in [0.25, 0.3) is 0 Å². The van der Waals surface area contributed by atoms with Crippen LogP contribution in [0.3, 0.4) is 0 Å². The van der Waals surface area contributed by atoms with Gasteiger partial charge in [0.05, 0.1) is 5.69 Å². The summed E-state index contributed by atoms with van der Waals surface area (Å²) >= 11 is 3.44. The fraction of sp³-hybridized carbons (Fsp3) is 0.111. The van der Waals surface area contributed by atoms with Crippen LogP contribution in [0.5, 0.6) is 11.5 Å². The van der Waals surface area contributed by atoms with E-state index in [1.807, 2.05) is 49.4 Å². The van der Waals surface area contributed by atoms with Crippen molar-refractivity contribution in [3.8, 4) is 11.5 Å². The van der Waals surface area contributed by atoms with Crippen molar-refractivity contribution in [3.63, 3.8) is 0 Å². The van der Waals surface area contributed by atoms with Crippen LogP contribution >= 0.6 is 15.9 Å². The molecule has 3 aromatic rings. The Morgan fingerprint density at radius 3 is 2.74 bits per heavy atom. The van der Waals surface area contributed by atoms with Gasteiger partial charge in [0, 0.05) is 17.0 Å². The third-order valence-corrected chi connectivity index (χ3v) is 3.89. The van der Waals surface area contributed by atoms with Crippen LogP contribution in [0.1, 0.15) is 16.8 Å². The molecule has 0 saturated heterocycles. The van der Waals surface area contributed by atoms with Gasteiger partial charge in [-0.25, -0.2) is 5.10 Å². The number of rotatable bonds is 4. The van der Waals surface area contributed by atoms with Crippen LogP contribution < -0.4 is 10.3 Å². The molecule has 5 heteroatoms. The van der Waals surface area contributed by atoms with Crippen molar-refractivity contribution in [2.75, 3.05) is 0 Å². The normalized spacial score (nSPS) is 10.5. The standard InChI is InChI=1S/C18H15BrN2O2/c1-12-5-6-13(9-15-7-8-18(22)21-20-15)10-17(12)23-16-4-2-3-14(19)11-16/h2-8,10-11H,9H2,1H3,(H,21,22). The molecule has 0 spiro atoms. The Hall–Kier alpha value is -2.40. The second kappa shape index (κ2) is 6.79. The van der Waals surface area contributed by atoms with Crippen molar-refractivity contribution in [2.24, 2.45) is 0 Å². The Morgan fingerprint density at radius 1 is 1.13 bits per heavy atom. The number of nitrogens with one attached hydrogen (secondary N) is 1. The van der Waals surface area contributed by atoms with Gasteiger partial charge in [0.2, 0.25) is 0 Å². The van der Waals surface area contributed by atoms with Gasteiger partial charge < -0.3 is 4.74 Å². The van der Waals surface area contributed by atoms with Crippen LogP contribution in [0.4, 0.5) is 0 Å². The summed E-state index contributed by atoms with van der Waals surface area (Å²) in [5, 5.41) is 6.49. The lowest BCUT2D eigenvalue weighted by atomic mass is 10.1. The minimum Gasteiger partial charge on any atom is -0.457 e. The van der Waals surface area contributed by atoms with Gasteiger partial charge in [0.1, 0.15) is 11.5 Å². The zero-order chi connectivity index (χ0) is 16.2. The molecule has 1 N–H and O–H groups in total. The van der Waals surface area contributed by atoms with Gasteiger partial charge >= 0.3 is 0 Å². The quantitative estimate of drug-likeness (QED) is 0.747. The first-order valence-corrected chi connectivity index (χ1v) is 7.97. The number of ether oxygens (including phenoxy) is 1. The molecule has 0 aliphatic rings. The summed E-state index contributed by atoms with van der Waals surface area (Å²) in [6.45, 7) is 2.01. The molecule has 0 bridgehead atoms. The van der Waals surface area contributed by atoms with Crippen molar-refractivity contribution >= 4 is 15.9 Å². The third-order valence-electron chi connectivity index (χ3n) is 3.40. The van der Waals surface area contributed by atoms with Gasteiger partial charge in [0.15, 0.2) is 0 Å². The lowest BCUT2D eigenvalue weighted by Gasteiger charge is -2.11. The molecule has 1 aromatic heterocycles. The summed E-state index contributed by atoms with van der Waals surface area (Å²) in [5.74, 6) is 1.59. The Balaban J connectivity index is 1.84. The van der Waals surface area contributed by atoms with Gasteiger partial charge in [-0.2, -0.15) is 5.10 Å². The SMILES string of the molecule is Cc1ccc(Cc2ccc(=O)[nH]n2)cc1Oc1cccc(Br)c1. The molecule has 0 amide bonds. The van der Waals surface area contributed by atoms with Crippen molar-refractivity contribution in [1.82, 2.24) is 10.2 Å². The summed E-state index contributed by atoms with van der Waals surface area (Å²) in [6.07, 6.45) is 0.631. The highest BCUT2D eigenvalue weighted by Crippen LogP contribution is 2.28. The largest absolute Gasteiger partial charge is 0.457 e. The summed E-state index contributed by atoms with van der Waals surface area (Å²) in [4.78, 5) is 11.1. The van der Waals surface area contributed by atoms with Crippen LogP contribution in [0.2, 0.25) is 0 Å². The molecule has 4 nitrogen and oxygen atoms in total. The lowest BCUT2D eigenvalue weighted by Crippen LogP contribution is -2.07. The Kier molecular flexibility index (Phi) is 4.57. The molecule has 0 unspecified atom stereocenters. The summed E-state index contributed by atoms with van der Waals surface area (Å²) in [5.41, 5.74) is 2.74. The van der Waals surface area contributed by atoms with E-state index in [1.165, 1.54) is 6.07 Å². The molecule has 3 rings (SSSR count). The Morgan fingerprint density at radius 2 is 2.00 bits per heavy atom. The highest BCUT2D eigenvalue weighted by Gasteiger charge is 2.06. The molecule has 0 fully saturated rings. The van der Waals surface area contributed by atoms with Crippen LogP contribution in [-0.2, 0) is 6.42 Å². The predicted molar refractivity (Wildman–Crippen MR) is 93.1 cm³/mol. The van der Waals surface area contributed by atoms with E-state index in [9.17, 15) is 4.79 Å². The molecule has 0 aliphatic heterocycles. The van der Waals surface area contributed by atoms with Gasteiger partial charge in [-0.3, -0.25) is 4.79 Å². The molecule has 0 atom stereocenters. The maximum Gasteiger partial charge on any atom is 0.264 e. The number of aromatic amines is 1. The van der Waals surface area contributed by atoms with E-state index < -0.39 is 0 Å². The zero-order valence-corrected chi connectivity index (χ0v) is 14.1. The van der Waals surface area contributed by atoms with Crippen molar-refractivity contribution < 1.29 is 4.74 Å². The monoisotopic (exact) mass is 370 g/mol. The molecule has 0 radical (unpaired) electrons. The van der Waals surface area contributed by atoms with Gasteiger partial charge in [0.25, 0.3) is 5.56 Å². The van der Waals surface area contributed by atoms with Gasteiger partial charge in [-0.1, -0.05) is 34.1 Å². The van der Waals surface area contributed by atoms with Crippen molar-refractivity contribution in [3.05, 3.63) is 86.2 Å². The first-order valence-electron chi connectivity index (χ1n) is 7.18. The zero-order valence-electron chi connectivity index (χ0n) is 12.5. The fourth-order valence-electron chi connectivity index (χ4n) is 2.20. The number of benzene rings is 2. The average Bonchev–Trinajstić information content (AvgIpc) is 2.53. The summed E-state index contributed by atoms with van der Waals surface area (Å²) < 4.78 is 6.95. The second-order valence-corrected chi connectivity index (χ2v) is 6.16. The molecule has 23 heavy (non-hydrogen) atoms. The molecule has 116 valence electrons. The van der Waals surface area contributed by atoms with Crippen LogP contribution in [0, 0.1) is 6.92 Å². The van der Waals surface area contributed by atoms with Crippen LogP contribution in [0.15, 0.2) is 63.9 Å². The Bertz CT molecular complexity index is 870. The summed E-state index contributed by atoms with van der Waals surface area (Å²) in [7, 11) is 0. The minimum absolute atomic E-state index is 0.198. The molecule has 1 heterocycles. The van der Waals surface area contributed by atoms with E-state index in [2.05, 4.69) is 26.1 Å². The van der Waals surface area contributed by atoms with E-state index in [1.54, 1.807) is 6.07 Å². The smallest absolute Gasteiger partial charge is 0.264 e. The average molecular weight is 371 g/mol. The minimum atomic E-state index is -0.198. The molecule has 0 aliphatic carbocycles. The number of hydrogen-bond acceptors (Lipinski definition) is 3. The third kappa shape index (κ3) is 4.07. The van der Waals surface area contributed by atoms with Gasteiger partial charge in [-0.15, -0.1) is 0 Å². The fourth-order valence-corrected chi connectivity index (χ4v) is 2.58. The van der Waals surface area contributed by atoms with Crippen molar-refractivity contribution in [2.45, 2.75) is 13.3 Å². The molecule has 0 saturated carbocycles. The molecular formula is C18H15BrN2O2. The summed E-state index contributed by atoms with van der Waals surface area (Å²) in [6, 6.07) is 17.0. The lowest BCUT2D eigenvalue weighted by molar-refractivity contribution is 0.478. The molecule has 2 aromatic carbocycles. The highest BCUT2D eigenvalue weighted by atomic mass is 79.9. The van der Waals surface area contributed by atoms with E-state index in [-0.39, 0.29) is 5.56 Å². The number of H-pyrrole nitrogens is 1. The van der Waals surface area contributed by atoms with Gasteiger partial charge in [-0.05, 0) is 48.4 Å². The maximum atomic E-state index is 11.1. The predicted octanol–water partition coefficient (Wildman–Crippen LogP) is 4.22. The van der Waals surface area contributed by atoms with Crippen molar-refractivity contribution in [1.29, 1.82) is 0 Å². The number of halogens is 1. The van der Waals surface area contributed by atoms with E-state index in [0.717, 1.165) is 32.8 Å². The number of aryl methyl sites for hydroxylation is 1. The number of aromatic nitrogens is 2. The molecular weight excluding hydrogens is 356 g/mol. The van der Waals surface area contributed by atoms with E-state index in [0.29, 0.717) is 6.42 Å². The van der Waals surface area contributed by atoms with E-state index >= 15 is 0 Å². The highest BCUT2D eigenvalue weighted by molar-refractivity contribution is 9.10. The van der Waals surface area contributed by atoms with E-state index in [4.69, 9.17) is 4.74 Å². The second-order valence-electron chi connectivity index (χ2n) is 5.25. The topological polar surface area (TPSA) is 55.0 Å². The van der Waals surface area contributed by atoms with Crippen LogP contribution in [-0.4, -0.2) is 10.2 Å². The first kappa shape index (κ1) is 15.5. The number of nitrogens with zero attached hydrogens (tertiary/aromatic N) is 1. The number of hydrogen-bond donors (Lipinski definition) is 1. The first-order chi connectivity index (χ1) is 11.1.